The summed E-state index contributed by atoms with van der Waals surface area (Å²) in [6, 6.07) is 85.8. The molecule has 332 valence electrons. The Morgan fingerprint density at radius 1 is 0.400 bits per heavy atom. The van der Waals surface area contributed by atoms with Gasteiger partial charge >= 0.3 is 283 Å². The Kier molecular flexibility index (Phi) is 9.57. The number of hydrogen-bond donors (Lipinski definition) is 2. The summed E-state index contributed by atoms with van der Waals surface area (Å²) in [7, 11) is 0. The molecule has 0 aliphatic rings. The van der Waals surface area contributed by atoms with Gasteiger partial charge in [-0.2, -0.15) is 0 Å². The molecular formula is C64H43IN5-. The molecule has 1 atom stereocenters. The average Bonchev–Trinajstić information content (AvgIpc) is 3.92. The van der Waals surface area contributed by atoms with Gasteiger partial charge in [-0.05, 0) is 29.0 Å². The zero-order valence-electron chi connectivity index (χ0n) is 37.9. The summed E-state index contributed by atoms with van der Waals surface area (Å²) in [5.41, 5.74) is 16.1. The third-order valence-electron chi connectivity index (χ3n) is 14.2. The zero-order valence-corrected chi connectivity index (χ0v) is 40.0. The van der Waals surface area contributed by atoms with E-state index in [1.165, 1.54) is 84.9 Å². The van der Waals surface area contributed by atoms with Crippen molar-refractivity contribution in [3.8, 4) is 11.4 Å². The van der Waals surface area contributed by atoms with Crippen LogP contribution < -0.4 is 30.7 Å². The molecular weight excluding hydrogens is 966 g/mol. The van der Waals surface area contributed by atoms with Gasteiger partial charge in [0.25, 0.3) is 0 Å². The fraction of sp³-hybridized carbons (Fsp3) is 0.0156. The number of halogens is 1. The van der Waals surface area contributed by atoms with Crippen LogP contribution in [0.3, 0.4) is 0 Å². The average molecular weight is 1010 g/mol. The third kappa shape index (κ3) is 6.44. The molecule has 0 saturated carbocycles. The number of aliphatic imine (C=N–C) groups is 1. The van der Waals surface area contributed by atoms with Gasteiger partial charge in [0.05, 0.1) is 11.0 Å². The molecule has 0 aliphatic carbocycles. The molecule has 6 heteroatoms. The van der Waals surface area contributed by atoms with Gasteiger partial charge < -0.3 is 4.57 Å². The van der Waals surface area contributed by atoms with Crippen molar-refractivity contribution in [1.82, 2.24) is 12.7 Å². The van der Waals surface area contributed by atoms with Crippen molar-refractivity contribution in [3.63, 3.8) is 0 Å². The Morgan fingerprint density at radius 2 is 0.943 bits per heavy atom. The molecule has 0 aliphatic heterocycles. The third-order valence-corrected chi connectivity index (χ3v) is 16.6. The van der Waals surface area contributed by atoms with Crippen LogP contribution in [-0.2, 0) is 0 Å². The number of nitrogens with two attached hydrogens (primary N) is 1. The second kappa shape index (κ2) is 16.4. The van der Waals surface area contributed by atoms with E-state index in [0.717, 1.165) is 38.6 Å². The number of benzene rings is 12. The first kappa shape index (κ1) is 40.7. The zero-order chi connectivity index (χ0) is 46.3. The van der Waals surface area contributed by atoms with Crippen LogP contribution in [0.4, 0.5) is 0 Å². The molecule has 0 amide bonds. The molecule has 2 heterocycles. The van der Waals surface area contributed by atoms with E-state index in [1.807, 2.05) is 0 Å². The standard InChI is InChI=1S/C64H43IN5/c66-63(67-64(40-18-2-1-3-19-40)68-65-55-37-43-22-6-8-24-45(43)47-26-10-12-28-49(47)55)52-34-35-58(50-29-13-11-27-48(50)52)69-57-33-17-15-31-53(57)61-60(69)39-44-23-7-9-25-46(44)62(61)70-56-32-16-14-30-51(56)54-36-41-20-4-5-21-42(41)38-59(54)70/h1-39,64,68H,(H2,66,67)/q-1. The first-order chi connectivity index (χ1) is 34.7. The normalized spacial score (nSPS) is 12.8. The SMILES string of the molecule is NC(=NC(N[I-]c1cc2ccccc2c2ccccc12)c1ccccc1)c1ccc(-n2c3ccccc3c3c(-n4c5ccccc5c5cc6ccccc6cc54)c4ccccc4cc32)c2ccccc12. The van der Waals surface area contributed by atoms with Crippen LogP contribution in [-0.4, -0.2) is 15.0 Å². The van der Waals surface area contributed by atoms with E-state index in [4.69, 9.17) is 10.7 Å². The molecule has 2 aromatic heterocycles. The van der Waals surface area contributed by atoms with E-state index >= 15 is 0 Å². The molecule has 0 radical (unpaired) electrons. The molecule has 14 rings (SSSR count). The Bertz CT molecular complexity index is 4450. The van der Waals surface area contributed by atoms with Crippen molar-refractivity contribution in [1.29, 1.82) is 0 Å². The molecule has 0 fully saturated rings. The van der Waals surface area contributed by atoms with Gasteiger partial charge in [0, 0.05) is 16.2 Å². The second-order valence-corrected chi connectivity index (χ2v) is 20.4. The van der Waals surface area contributed by atoms with Crippen LogP contribution >= 0.6 is 0 Å². The summed E-state index contributed by atoms with van der Waals surface area (Å²) in [5.74, 6) is 0.492. The Hall–Kier alpha value is -8.30. The number of nitrogens with one attached hydrogen (secondary N) is 1. The quantitative estimate of drug-likeness (QED) is 0.0524. The van der Waals surface area contributed by atoms with Crippen LogP contribution in [0.5, 0.6) is 0 Å². The topological polar surface area (TPSA) is 60.3 Å². The van der Waals surface area contributed by atoms with Gasteiger partial charge in [-0.15, -0.1) is 0 Å². The number of amidine groups is 1. The monoisotopic (exact) mass is 1010 g/mol. The molecule has 1 unspecified atom stereocenters. The van der Waals surface area contributed by atoms with Gasteiger partial charge in [-0.3, -0.25) is 0 Å². The van der Waals surface area contributed by atoms with Gasteiger partial charge in [0.1, 0.15) is 0 Å². The van der Waals surface area contributed by atoms with Crippen LogP contribution in [0.25, 0.3) is 109 Å². The molecule has 70 heavy (non-hydrogen) atoms. The van der Waals surface area contributed by atoms with E-state index in [1.54, 1.807) is 0 Å². The summed E-state index contributed by atoms with van der Waals surface area (Å²) >= 11 is -0.695. The Balaban J connectivity index is 0.953. The van der Waals surface area contributed by atoms with Crippen molar-refractivity contribution in [2.75, 3.05) is 0 Å². The molecule has 14 aromatic rings. The number of fused-ring (bicyclic) bond motifs is 12. The van der Waals surface area contributed by atoms with Crippen molar-refractivity contribution in [2.24, 2.45) is 10.7 Å². The number of hydrogen-bond acceptors (Lipinski definition) is 2. The van der Waals surface area contributed by atoms with E-state index in [2.05, 4.69) is 249 Å². The fourth-order valence-corrected chi connectivity index (χ4v) is 13.4. The summed E-state index contributed by atoms with van der Waals surface area (Å²) in [5, 5.41) is 16.9. The minimum absolute atomic E-state index is 0.347. The molecule has 0 bridgehead atoms. The summed E-state index contributed by atoms with van der Waals surface area (Å²) in [4.78, 5) is 5.36. The maximum absolute atomic E-state index is 7.26. The molecule has 3 N–H and O–H groups in total. The van der Waals surface area contributed by atoms with Gasteiger partial charge in [-0.25, -0.2) is 0 Å². The summed E-state index contributed by atoms with van der Waals surface area (Å²) < 4.78 is 10.3. The maximum atomic E-state index is 7.26. The fourth-order valence-electron chi connectivity index (χ4n) is 11.1. The first-order valence-corrected chi connectivity index (χ1v) is 25.9. The van der Waals surface area contributed by atoms with Crippen molar-refractivity contribution in [2.45, 2.75) is 6.17 Å². The van der Waals surface area contributed by atoms with E-state index < -0.39 is 21.5 Å². The Morgan fingerprint density at radius 3 is 1.70 bits per heavy atom. The number of rotatable bonds is 8. The molecule has 0 saturated heterocycles. The van der Waals surface area contributed by atoms with Gasteiger partial charge in [0.2, 0.25) is 0 Å². The molecule has 5 nitrogen and oxygen atoms in total. The number of nitrogens with zero attached hydrogens (tertiary/aromatic N) is 3. The van der Waals surface area contributed by atoms with Crippen LogP contribution in [0.1, 0.15) is 17.3 Å². The number of para-hydroxylation sites is 2. The predicted octanol–water partition coefficient (Wildman–Crippen LogP) is 12.5. The Labute approximate surface area is 414 Å². The number of aromatic nitrogens is 2. The van der Waals surface area contributed by atoms with Crippen LogP contribution in [0.15, 0.2) is 242 Å². The van der Waals surface area contributed by atoms with E-state index in [-0.39, 0.29) is 6.17 Å². The summed E-state index contributed by atoms with van der Waals surface area (Å²) in [6.45, 7) is 0. The predicted molar refractivity (Wildman–Crippen MR) is 291 cm³/mol. The minimum atomic E-state index is -0.695. The van der Waals surface area contributed by atoms with E-state index in [9.17, 15) is 0 Å². The van der Waals surface area contributed by atoms with Gasteiger partial charge in [-0.1, -0.05) is 72.8 Å². The van der Waals surface area contributed by atoms with Crippen LogP contribution in [0.2, 0.25) is 0 Å². The van der Waals surface area contributed by atoms with E-state index in [0.29, 0.717) is 5.84 Å². The van der Waals surface area contributed by atoms with Crippen molar-refractivity contribution >= 4 is 103 Å². The van der Waals surface area contributed by atoms with Crippen molar-refractivity contribution < 1.29 is 21.5 Å². The van der Waals surface area contributed by atoms with Crippen LogP contribution in [0, 0.1) is 3.57 Å². The molecule has 0 spiro atoms. The van der Waals surface area contributed by atoms with Crippen molar-refractivity contribution in [3.05, 3.63) is 251 Å². The summed E-state index contributed by atoms with van der Waals surface area (Å²) in [6.07, 6.45) is -0.347. The molecule has 12 aromatic carbocycles. The van der Waals surface area contributed by atoms with Gasteiger partial charge in [0.15, 0.2) is 0 Å². The first-order valence-electron chi connectivity index (χ1n) is 23.7. The second-order valence-electron chi connectivity index (χ2n) is 18.1.